The van der Waals surface area contributed by atoms with Gasteiger partial charge in [-0.25, -0.2) is 4.79 Å². The molecule has 3 nitrogen and oxygen atoms in total. The summed E-state index contributed by atoms with van der Waals surface area (Å²) in [6.07, 6.45) is 4.71. The van der Waals surface area contributed by atoms with Crippen molar-refractivity contribution in [2.45, 2.75) is 37.8 Å². The number of thioether (sulfide) groups is 1. The van der Waals surface area contributed by atoms with Gasteiger partial charge in [0.2, 0.25) is 0 Å². The highest BCUT2D eigenvalue weighted by Gasteiger charge is 2.22. The van der Waals surface area contributed by atoms with Gasteiger partial charge in [-0.1, -0.05) is 0 Å². The third kappa shape index (κ3) is 2.53. The molecule has 1 heterocycles. The van der Waals surface area contributed by atoms with E-state index in [4.69, 9.17) is 0 Å². The summed E-state index contributed by atoms with van der Waals surface area (Å²) in [5.74, 6) is 2.27. The van der Waals surface area contributed by atoms with E-state index in [1.165, 1.54) is 12.2 Å². The second-order valence-corrected chi connectivity index (χ2v) is 4.96. The van der Waals surface area contributed by atoms with E-state index in [0.29, 0.717) is 12.1 Å². The minimum atomic E-state index is 0.0391. The molecule has 1 saturated carbocycles. The molecule has 0 aromatic carbocycles. The molecule has 1 aliphatic carbocycles. The Labute approximate surface area is 83.0 Å². The molecule has 1 unspecified atom stereocenters. The van der Waals surface area contributed by atoms with Crippen molar-refractivity contribution in [3.05, 3.63) is 0 Å². The van der Waals surface area contributed by atoms with Gasteiger partial charge in [0.1, 0.15) is 0 Å². The summed E-state index contributed by atoms with van der Waals surface area (Å²) in [4.78, 5) is 11.4. The zero-order valence-electron chi connectivity index (χ0n) is 7.71. The van der Waals surface area contributed by atoms with Crippen LogP contribution in [-0.2, 0) is 0 Å². The van der Waals surface area contributed by atoms with Crippen molar-refractivity contribution in [3.8, 4) is 0 Å². The van der Waals surface area contributed by atoms with Gasteiger partial charge >= 0.3 is 6.03 Å². The first-order chi connectivity index (χ1) is 6.34. The average Bonchev–Trinajstić information content (AvgIpc) is 2.49. The molecule has 1 atom stereocenters. The average molecular weight is 200 g/mol. The Balaban J connectivity index is 1.64. The third-order valence-electron chi connectivity index (χ3n) is 2.71. The Kier molecular flexibility index (Phi) is 2.98. The van der Waals surface area contributed by atoms with E-state index < -0.39 is 0 Å². The van der Waals surface area contributed by atoms with Crippen molar-refractivity contribution in [3.63, 3.8) is 0 Å². The maximum Gasteiger partial charge on any atom is 0.315 e. The second-order valence-electron chi connectivity index (χ2n) is 3.81. The molecule has 1 saturated heterocycles. The number of hydrogen-bond acceptors (Lipinski definition) is 2. The van der Waals surface area contributed by atoms with Crippen molar-refractivity contribution in [1.82, 2.24) is 10.6 Å². The summed E-state index contributed by atoms with van der Waals surface area (Å²) >= 11 is 1.92. The molecule has 2 rings (SSSR count). The van der Waals surface area contributed by atoms with Crippen LogP contribution in [0.2, 0.25) is 0 Å². The van der Waals surface area contributed by atoms with Crippen LogP contribution in [0.15, 0.2) is 0 Å². The summed E-state index contributed by atoms with van der Waals surface area (Å²) < 4.78 is 0. The SMILES string of the molecule is O=C(NC1CCC1)NC1CCSC1. The van der Waals surface area contributed by atoms with Crippen molar-refractivity contribution in [2.24, 2.45) is 0 Å². The lowest BCUT2D eigenvalue weighted by Gasteiger charge is -2.27. The Bertz CT molecular complexity index is 188. The smallest absolute Gasteiger partial charge is 0.315 e. The molecule has 0 aromatic heterocycles. The monoisotopic (exact) mass is 200 g/mol. The van der Waals surface area contributed by atoms with E-state index in [-0.39, 0.29) is 6.03 Å². The number of carbonyl (C=O) groups excluding carboxylic acids is 1. The topological polar surface area (TPSA) is 41.1 Å². The van der Waals surface area contributed by atoms with Crippen molar-refractivity contribution in [2.75, 3.05) is 11.5 Å². The van der Waals surface area contributed by atoms with Crippen LogP contribution < -0.4 is 10.6 Å². The first-order valence-electron chi connectivity index (χ1n) is 4.99. The number of nitrogens with one attached hydrogen (secondary N) is 2. The van der Waals surface area contributed by atoms with Crippen LogP contribution in [0.4, 0.5) is 4.79 Å². The molecular weight excluding hydrogens is 184 g/mol. The van der Waals surface area contributed by atoms with Crippen molar-refractivity contribution in [1.29, 1.82) is 0 Å². The fraction of sp³-hybridized carbons (Fsp3) is 0.889. The summed E-state index contributed by atoms with van der Waals surface area (Å²) in [7, 11) is 0. The van der Waals surface area contributed by atoms with Gasteiger partial charge in [-0.3, -0.25) is 0 Å². The van der Waals surface area contributed by atoms with E-state index >= 15 is 0 Å². The molecule has 74 valence electrons. The third-order valence-corrected chi connectivity index (χ3v) is 3.87. The first-order valence-corrected chi connectivity index (χ1v) is 6.15. The molecule has 13 heavy (non-hydrogen) atoms. The largest absolute Gasteiger partial charge is 0.335 e. The Morgan fingerprint density at radius 3 is 2.46 bits per heavy atom. The molecule has 2 N–H and O–H groups in total. The maximum atomic E-state index is 11.4. The molecule has 1 aliphatic heterocycles. The number of carbonyl (C=O) groups is 1. The first kappa shape index (κ1) is 9.19. The highest BCUT2D eigenvalue weighted by Crippen LogP contribution is 2.19. The Hall–Kier alpha value is -0.380. The van der Waals surface area contributed by atoms with Gasteiger partial charge in [-0.2, -0.15) is 11.8 Å². The lowest BCUT2D eigenvalue weighted by Crippen LogP contribution is -2.48. The molecule has 0 spiro atoms. The number of hydrogen-bond donors (Lipinski definition) is 2. The number of urea groups is 1. The van der Waals surface area contributed by atoms with Crippen LogP contribution in [0.1, 0.15) is 25.7 Å². The molecule has 0 bridgehead atoms. The number of amides is 2. The van der Waals surface area contributed by atoms with Gasteiger partial charge in [-0.05, 0) is 31.4 Å². The zero-order chi connectivity index (χ0) is 9.10. The maximum absolute atomic E-state index is 11.4. The van der Waals surface area contributed by atoms with E-state index in [2.05, 4.69) is 10.6 Å². The van der Waals surface area contributed by atoms with Gasteiger partial charge in [0, 0.05) is 17.8 Å². The quantitative estimate of drug-likeness (QED) is 0.706. The van der Waals surface area contributed by atoms with Gasteiger partial charge < -0.3 is 10.6 Å². The normalized spacial score (nSPS) is 28.2. The van der Waals surface area contributed by atoms with Gasteiger partial charge in [-0.15, -0.1) is 0 Å². The molecule has 0 aromatic rings. The van der Waals surface area contributed by atoms with Crippen LogP contribution in [0.3, 0.4) is 0 Å². The molecule has 2 aliphatic rings. The van der Waals surface area contributed by atoms with Gasteiger partial charge in [0.05, 0.1) is 0 Å². The summed E-state index contributed by atoms with van der Waals surface area (Å²) in [5, 5.41) is 5.99. The molecule has 4 heteroatoms. The van der Waals surface area contributed by atoms with Crippen molar-refractivity contribution >= 4 is 17.8 Å². The summed E-state index contributed by atoms with van der Waals surface area (Å²) in [6, 6.07) is 0.899. The van der Waals surface area contributed by atoms with Crippen LogP contribution in [-0.4, -0.2) is 29.6 Å². The van der Waals surface area contributed by atoms with Crippen LogP contribution >= 0.6 is 11.8 Å². The standard InChI is InChI=1S/C9H16N2OS/c12-9(10-7-2-1-3-7)11-8-4-5-13-6-8/h7-8H,1-6H2,(H2,10,11,12). The Morgan fingerprint density at radius 1 is 1.15 bits per heavy atom. The predicted octanol–water partition coefficient (Wildman–Crippen LogP) is 1.34. The zero-order valence-corrected chi connectivity index (χ0v) is 8.53. The van der Waals surface area contributed by atoms with Crippen LogP contribution in [0, 0.1) is 0 Å². The van der Waals surface area contributed by atoms with Crippen molar-refractivity contribution < 1.29 is 4.79 Å². The minimum Gasteiger partial charge on any atom is -0.335 e. The molecule has 2 fully saturated rings. The van der Waals surface area contributed by atoms with Crippen LogP contribution in [0.25, 0.3) is 0 Å². The lowest BCUT2D eigenvalue weighted by molar-refractivity contribution is 0.225. The van der Waals surface area contributed by atoms with E-state index in [1.807, 2.05) is 11.8 Å². The lowest BCUT2D eigenvalue weighted by atomic mass is 9.93. The van der Waals surface area contributed by atoms with Gasteiger partial charge in [0.15, 0.2) is 0 Å². The second kappa shape index (κ2) is 4.22. The fourth-order valence-corrected chi connectivity index (χ4v) is 2.77. The van der Waals surface area contributed by atoms with Gasteiger partial charge in [0.25, 0.3) is 0 Å². The van der Waals surface area contributed by atoms with E-state index in [1.54, 1.807) is 0 Å². The summed E-state index contributed by atoms with van der Waals surface area (Å²) in [5.41, 5.74) is 0. The minimum absolute atomic E-state index is 0.0391. The molecule has 2 amide bonds. The van der Waals surface area contributed by atoms with Crippen LogP contribution in [0.5, 0.6) is 0 Å². The van der Waals surface area contributed by atoms with E-state index in [9.17, 15) is 4.79 Å². The molecule has 0 radical (unpaired) electrons. The highest BCUT2D eigenvalue weighted by molar-refractivity contribution is 7.99. The summed E-state index contributed by atoms with van der Waals surface area (Å²) in [6.45, 7) is 0. The predicted molar refractivity (Wildman–Crippen MR) is 55.0 cm³/mol. The highest BCUT2D eigenvalue weighted by atomic mass is 32.2. The van der Waals surface area contributed by atoms with E-state index in [0.717, 1.165) is 25.0 Å². The Morgan fingerprint density at radius 2 is 1.92 bits per heavy atom. The molecular formula is C9H16N2OS. The number of rotatable bonds is 2. The fourth-order valence-electron chi connectivity index (χ4n) is 1.61.